The summed E-state index contributed by atoms with van der Waals surface area (Å²) in [5.41, 5.74) is 2.74. The lowest BCUT2D eigenvalue weighted by molar-refractivity contribution is -0.152. The number of hydrogen-bond acceptors (Lipinski definition) is 5. The number of nitrogens with one attached hydrogen (secondary N) is 1. The number of carbonyl (C=O) groups is 3. The highest BCUT2D eigenvalue weighted by atomic mass is 16.5. The van der Waals surface area contributed by atoms with E-state index in [9.17, 15) is 14.4 Å². The van der Waals surface area contributed by atoms with E-state index in [0.717, 1.165) is 11.1 Å². The Balaban J connectivity index is 1.48. The van der Waals surface area contributed by atoms with Gasteiger partial charge < -0.3 is 19.7 Å². The molecule has 1 heterocycles. The Morgan fingerprint density at radius 2 is 1.93 bits per heavy atom. The number of aryl methyl sites for hydroxylation is 1. The maximum absolute atomic E-state index is 12.5. The second-order valence-corrected chi connectivity index (χ2v) is 7.27. The summed E-state index contributed by atoms with van der Waals surface area (Å²) in [7, 11) is 1.54. The fourth-order valence-electron chi connectivity index (χ4n) is 3.41. The topological polar surface area (TPSA) is 84.9 Å². The molecule has 1 aliphatic heterocycles. The quantitative estimate of drug-likeness (QED) is 0.675. The molecule has 2 aromatic rings. The minimum Gasteiger partial charge on any atom is -0.495 e. The average Bonchev–Trinajstić information content (AvgIpc) is 3.14. The number of anilines is 1. The molecule has 0 unspecified atom stereocenters. The van der Waals surface area contributed by atoms with Gasteiger partial charge in [0.15, 0.2) is 6.61 Å². The van der Waals surface area contributed by atoms with Crippen LogP contribution in [0.25, 0.3) is 0 Å². The number of rotatable bonds is 8. The molecule has 1 aliphatic rings. The summed E-state index contributed by atoms with van der Waals surface area (Å²) in [5, 5.41) is 2.73. The Morgan fingerprint density at radius 3 is 2.67 bits per heavy atom. The van der Waals surface area contributed by atoms with Crippen molar-refractivity contribution in [3.63, 3.8) is 0 Å². The van der Waals surface area contributed by atoms with Crippen LogP contribution in [0.1, 0.15) is 17.5 Å². The van der Waals surface area contributed by atoms with Gasteiger partial charge in [0.1, 0.15) is 5.75 Å². The van der Waals surface area contributed by atoms with Gasteiger partial charge >= 0.3 is 5.97 Å². The fraction of sp³-hybridized carbons (Fsp3) is 0.348. The van der Waals surface area contributed by atoms with Gasteiger partial charge in [-0.1, -0.05) is 36.4 Å². The molecule has 2 aromatic carbocycles. The maximum Gasteiger partial charge on any atom is 0.311 e. The van der Waals surface area contributed by atoms with Crippen LogP contribution >= 0.6 is 0 Å². The first-order valence-corrected chi connectivity index (χ1v) is 9.90. The minimum atomic E-state index is -0.611. The number of amides is 2. The summed E-state index contributed by atoms with van der Waals surface area (Å²) >= 11 is 0. The lowest BCUT2D eigenvalue weighted by Crippen LogP contribution is -2.32. The van der Waals surface area contributed by atoms with Crippen LogP contribution in [-0.2, 0) is 25.5 Å². The van der Waals surface area contributed by atoms with E-state index >= 15 is 0 Å². The zero-order valence-corrected chi connectivity index (χ0v) is 17.2. The molecule has 0 saturated carbocycles. The Bertz CT molecular complexity index is 913. The fourth-order valence-corrected chi connectivity index (χ4v) is 3.41. The number of carbonyl (C=O) groups excluding carboxylic acids is 3. The summed E-state index contributed by atoms with van der Waals surface area (Å²) < 4.78 is 10.5. The molecule has 1 N–H and O–H groups in total. The molecule has 0 aliphatic carbocycles. The molecular weight excluding hydrogens is 384 g/mol. The predicted octanol–water partition coefficient (Wildman–Crippen LogP) is 2.26. The van der Waals surface area contributed by atoms with Crippen molar-refractivity contribution in [2.24, 2.45) is 5.92 Å². The molecule has 158 valence electrons. The third-order valence-electron chi connectivity index (χ3n) is 5.01. The van der Waals surface area contributed by atoms with Gasteiger partial charge in [0, 0.05) is 19.5 Å². The largest absolute Gasteiger partial charge is 0.495 e. The lowest BCUT2D eigenvalue weighted by atomic mass is 10.1. The van der Waals surface area contributed by atoms with E-state index < -0.39 is 11.9 Å². The van der Waals surface area contributed by atoms with Gasteiger partial charge in [-0.05, 0) is 36.6 Å². The molecule has 30 heavy (non-hydrogen) atoms. The lowest BCUT2D eigenvalue weighted by Gasteiger charge is -2.20. The number of methoxy groups -OCH3 is 1. The molecule has 2 amide bonds. The van der Waals surface area contributed by atoms with Crippen LogP contribution in [0.15, 0.2) is 48.5 Å². The third-order valence-corrected chi connectivity index (χ3v) is 5.01. The van der Waals surface area contributed by atoms with Crippen molar-refractivity contribution in [3.05, 3.63) is 59.7 Å². The Labute approximate surface area is 176 Å². The Morgan fingerprint density at radius 1 is 1.17 bits per heavy atom. The van der Waals surface area contributed by atoms with Crippen molar-refractivity contribution in [2.45, 2.75) is 19.8 Å². The van der Waals surface area contributed by atoms with E-state index in [2.05, 4.69) is 5.32 Å². The molecule has 7 heteroatoms. The first kappa shape index (κ1) is 21.4. The van der Waals surface area contributed by atoms with Crippen LogP contribution in [0.5, 0.6) is 5.75 Å². The van der Waals surface area contributed by atoms with E-state index in [1.54, 1.807) is 6.07 Å². The first-order chi connectivity index (χ1) is 14.5. The maximum atomic E-state index is 12.5. The Kier molecular flexibility index (Phi) is 7.06. The molecule has 0 aromatic heterocycles. The molecular formula is C23H26N2O5. The van der Waals surface area contributed by atoms with Gasteiger partial charge in [-0.2, -0.15) is 0 Å². The predicted molar refractivity (Wildman–Crippen MR) is 112 cm³/mol. The zero-order valence-electron chi connectivity index (χ0n) is 17.2. The third kappa shape index (κ3) is 5.37. The van der Waals surface area contributed by atoms with E-state index in [1.807, 2.05) is 49.4 Å². The van der Waals surface area contributed by atoms with E-state index in [0.29, 0.717) is 24.4 Å². The monoisotopic (exact) mass is 410 g/mol. The van der Waals surface area contributed by atoms with Crippen LogP contribution in [0.3, 0.4) is 0 Å². The van der Waals surface area contributed by atoms with Crippen molar-refractivity contribution in [3.8, 4) is 5.75 Å². The summed E-state index contributed by atoms with van der Waals surface area (Å²) in [5.74, 6) is -1.12. The van der Waals surface area contributed by atoms with Gasteiger partial charge in [-0.15, -0.1) is 0 Å². The number of nitrogens with zero attached hydrogens (tertiary/aromatic N) is 1. The molecule has 1 fully saturated rings. The summed E-state index contributed by atoms with van der Waals surface area (Å²) in [6.45, 7) is 2.23. The first-order valence-electron chi connectivity index (χ1n) is 9.90. The molecule has 3 rings (SSSR count). The second kappa shape index (κ2) is 9.91. The number of ether oxygens (including phenoxy) is 2. The van der Waals surface area contributed by atoms with Crippen molar-refractivity contribution in [1.82, 2.24) is 5.32 Å². The van der Waals surface area contributed by atoms with E-state index in [4.69, 9.17) is 9.47 Å². The molecule has 7 nitrogen and oxygen atoms in total. The summed E-state index contributed by atoms with van der Waals surface area (Å²) in [4.78, 5) is 38.3. The average molecular weight is 410 g/mol. The van der Waals surface area contributed by atoms with Crippen LogP contribution in [-0.4, -0.2) is 44.6 Å². The molecule has 1 saturated heterocycles. The highest BCUT2D eigenvalue weighted by Crippen LogP contribution is 2.34. The van der Waals surface area contributed by atoms with Crippen molar-refractivity contribution < 1.29 is 23.9 Å². The van der Waals surface area contributed by atoms with Crippen LogP contribution in [0, 0.1) is 12.8 Å². The van der Waals surface area contributed by atoms with E-state index in [-0.39, 0.29) is 31.4 Å². The SMILES string of the molecule is COc1ccc(C)cc1N1C[C@@H](C(=O)OCC(=O)NCCc2ccccc2)CC1=O. The second-order valence-electron chi connectivity index (χ2n) is 7.27. The standard InChI is InChI=1S/C23H26N2O5/c1-16-8-9-20(29-2)19(12-16)25-14-18(13-22(25)27)23(28)30-15-21(26)24-11-10-17-6-4-3-5-7-17/h3-9,12,18H,10-11,13-15H2,1-2H3,(H,24,26)/t18-/m0/s1. The highest BCUT2D eigenvalue weighted by molar-refractivity contribution is 6.00. The van der Waals surface area contributed by atoms with Gasteiger partial charge in [0.25, 0.3) is 5.91 Å². The van der Waals surface area contributed by atoms with Gasteiger partial charge in [0.2, 0.25) is 5.91 Å². The van der Waals surface area contributed by atoms with Crippen molar-refractivity contribution in [2.75, 3.05) is 31.7 Å². The van der Waals surface area contributed by atoms with Crippen molar-refractivity contribution >= 4 is 23.5 Å². The van der Waals surface area contributed by atoms with E-state index in [1.165, 1.54) is 12.0 Å². The van der Waals surface area contributed by atoms with Crippen LogP contribution < -0.4 is 15.0 Å². The van der Waals surface area contributed by atoms with Gasteiger partial charge in [-0.25, -0.2) is 0 Å². The smallest absolute Gasteiger partial charge is 0.311 e. The van der Waals surface area contributed by atoms with Crippen LogP contribution in [0.2, 0.25) is 0 Å². The molecule has 0 spiro atoms. The normalized spacial score (nSPS) is 15.7. The van der Waals surface area contributed by atoms with Gasteiger partial charge in [0.05, 0.1) is 18.7 Å². The summed E-state index contributed by atoms with van der Waals surface area (Å²) in [6, 6.07) is 15.3. The van der Waals surface area contributed by atoms with Crippen molar-refractivity contribution in [1.29, 1.82) is 0 Å². The highest BCUT2D eigenvalue weighted by Gasteiger charge is 2.37. The Hall–Kier alpha value is -3.35. The van der Waals surface area contributed by atoms with Crippen LogP contribution in [0.4, 0.5) is 5.69 Å². The number of hydrogen-bond donors (Lipinski definition) is 1. The zero-order chi connectivity index (χ0) is 21.5. The number of benzene rings is 2. The molecule has 1 atom stereocenters. The summed E-state index contributed by atoms with van der Waals surface area (Å²) in [6.07, 6.45) is 0.747. The number of esters is 1. The molecule has 0 bridgehead atoms. The molecule has 0 radical (unpaired) electrons. The minimum absolute atomic E-state index is 0.0472. The van der Waals surface area contributed by atoms with Gasteiger partial charge in [-0.3, -0.25) is 14.4 Å².